The second-order valence-electron chi connectivity index (χ2n) is 7.34. The Balaban J connectivity index is 1.46. The Morgan fingerprint density at radius 3 is 2.76 bits per heavy atom. The van der Waals surface area contributed by atoms with Crippen molar-refractivity contribution in [3.63, 3.8) is 0 Å². The maximum absolute atomic E-state index is 12.7. The Morgan fingerprint density at radius 2 is 2.07 bits per heavy atom. The van der Waals surface area contributed by atoms with Gasteiger partial charge in [0.2, 0.25) is 0 Å². The summed E-state index contributed by atoms with van der Waals surface area (Å²) in [6.07, 6.45) is 3.10. The molecular weight excluding hydrogens is 368 g/mol. The number of nitrogens with one attached hydrogen (secondary N) is 1. The number of hydrogen-bond acceptors (Lipinski definition) is 4. The number of rotatable bonds is 6. The van der Waals surface area contributed by atoms with E-state index >= 15 is 0 Å². The third-order valence-corrected chi connectivity index (χ3v) is 5.48. The van der Waals surface area contributed by atoms with Gasteiger partial charge in [-0.25, -0.2) is 0 Å². The molecule has 0 radical (unpaired) electrons. The molecule has 0 unspecified atom stereocenters. The van der Waals surface area contributed by atoms with E-state index in [1.807, 2.05) is 36.7 Å². The van der Waals surface area contributed by atoms with Crippen LogP contribution in [0, 0.1) is 6.92 Å². The van der Waals surface area contributed by atoms with Gasteiger partial charge in [0.1, 0.15) is 12.4 Å². The fourth-order valence-corrected chi connectivity index (χ4v) is 3.68. The number of aromatic nitrogens is 1. The lowest BCUT2D eigenvalue weighted by Crippen LogP contribution is -2.16. The van der Waals surface area contributed by atoms with Gasteiger partial charge < -0.3 is 19.4 Å². The predicted molar refractivity (Wildman–Crippen MR) is 112 cm³/mol. The molecule has 0 bridgehead atoms. The van der Waals surface area contributed by atoms with E-state index in [1.165, 1.54) is 0 Å². The van der Waals surface area contributed by atoms with Crippen LogP contribution in [0.1, 0.15) is 39.3 Å². The third kappa shape index (κ3) is 3.89. The molecule has 2 heterocycles. The number of fused-ring (bicyclic) bond motifs is 1. The number of benzene rings is 2. The molecule has 4 rings (SSSR count). The van der Waals surface area contributed by atoms with Gasteiger partial charge in [0.15, 0.2) is 6.29 Å². The SMILES string of the molecule is Cc1c(NC(=O)c2ccc(OC[C@@H]3CCCO3)cc2)ccc2c1cc(C=O)n2C. The summed E-state index contributed by atoms with van der Waals surface area (Å²) in [5.74, 6) is 0.532. The van der Waals surface area contributed by atoms with Crippen LogP contribution in [0.4, 0.5) is 5.69 Å². The topological polar surface area (TPSA) is 69.6 Å². The molecule has 150 valence electrons. The first-order valence-electron chi connectivity index (χ1n) is 9.77. The van der Waals surface area contributed by atoms with Gasteiger partial charge in [-0.05, 0) is 67.8 Å². The summed E-state index contributed by atoms with van der Waals surface area (Å²) in [6, 6.07) is 12.7. The van der Waals surface area contributed by atoms with Crippen LogP contribution in [0.25, 0.3) is 10.9 Å². The predicted octanol–water partition coefficient (Wildman–Crippen LogP) is 4.11. The molecule has 1 amide bonds. The molecule has 0 saturated carbocycles. The minimum Gasteiger partial charge on any atom is -0.491 e. The van der Waals surface area contributed by atoms with Crippen LogP contribution in [0.5, 0.6) is 5.75 Å². The number of amides is 1. The van der Waals surface area contributed by atoms with Crippen LogP contribution >= 0.6 is 0 Å². The van der Waals surface area contributed by atoms with Crippen LogP contribution in [0.2, 0.25) is 0 Å². The van der Waals surface area contributed by atoms with Crippen molar-refractivity contribution in [1.82, 2.24) is 4.57 Å². The molecule has 1 N–H and O–H groups in total. The lowest BCUT2D eigenvalue weighted by Gasteiger charge is -2.12. The van der Waals surface area contributed by atoms with Crippen molar-refractivity contribution in [1.29, 1.82) is 0 Å². The summed E-state index contributed by atoms with van der Waals surface area (Å²) in [4.78, 5) is 23.9. The summed E-state index contributed by atoms with van der Waals surface area (Å²) >= 11 is 0. The number of carbonyl (C=O) groups is 2. The van der Waals surface area contributed by atoms with Crippen LogP contribution in [-0.2, 0) is 11.8 Å². The summed E-state index contributed by atoms with van der Waals surface area (Å²) < 4.78 is 13.1. The number of hydrogen-bond donors (Lipinski definition) is 1. The van der Waals surface area contributed by atoms with E-state index in [1.54, 1.807) is 24.3 Å². The maximum atomic E-state index is 12.7. The summed E-state index contributed by atoms with van der Waals surface area (Å²) in [5.41, 5.74) is 3.76. The molecule has 6 heteroatoms. The molecule has 3 aromatic rings. The third-order valence-electron chi connectivity index (χ3n) is 5.48. The van der Waals surface area contributed by atoms with Crippen molar-refractivity contribution >= 4 is 28.8 Å². The van der Waals surface area contributed by atoms with E-state index in [4.69, 9.17) is 9.47 Å². The molecule has 1 fully saturated rings. The standard InChI is InChI=1S/C23H24N2O4/c1-15-20-12-17(13-26)25(2)22(20)10-9-21(15)24-23(27)16-5-7-18(8-6-16)29-14-19-4-3-11-28-19/h5-10,12-13,19H,3-4,11,14H2,1-2H3,(H,24,27)/t19-/m0/s1. The second-order valence-corrected chi connectivity index (χ2v) is 7.34. The minimum atomic E-state index is -0.190. The van der Waals surface area contributed by atoms with Gasteiger partial charge in [0, 0.05) is 35.8 Å². The summed E-state index contributed by atoms with van der Waals surface area (Å²) in [7, 11) is 1.85. The van der Waals surface area contributed by atoms with Gasteiger partial charge in [-0.2, -0.15) is 0 Å². The van der Waals surface area contributed by atoms with Crippen molar-refractivity contribution in [2.24, 2.45) is 7.05 Å². The molecule has 1 atom stereocenters. The molecule has 0 aliphatic carbocycles. The number of aldehydes is 1. The van der Waals surface area contributed by atoms with E-state index < -0.39 is 0 Å². The Labute approximate surface area is 169 Å². The monoisotopic (exact) mass is 392 g/mol. The normalized spacial score (nSPS) is 16.1. The molecule has 29 heavy (non-hydrogen) atoms. The Hall–Kier alpha value is -3.12. The molecular formula is C23H24N2O4. The van der Waals surface area contributed by atoms with Gasteiger partial charge in [0.25, 0.3) is 5.91 Å². The van der Waals surface area contributed by atoms with Gasteiger partial charge in [-0.3, -0.25) is 9.59 Å². The van der Waals surface area contributed by atoms with Gasteiger partial charge >= 0.3 is 0 Å². The Bertz CT molecular complexity index is 1050. The fourth-order valence-electron chi connectivity index (χ4n) is 3.68. The molecule has 6 nitrogen and oxygen atoms in total. The summed E-state index contributed by atoms with van der Waals surface area (Å²) in [6.45, 7) is 3.27. The van der Waals surface area contributed by atoms with E-state index in [9.17, 15) is 9.59 Å². The number of aryl methyl sites for hydroxylation is 2. The largest absolute Gasteiger partial charge is 0.491 e. The molecule has 2 aromatic carbocycles. The van der Waals surface area contributed by atoms with Crippen LogP contribution in [0.15, 0.2) is 42.5 Å². The first-order chi connectivity index (χ1) is 14.1. The first-order valence-corrected chi connectivity index (χ1v) is 9.77. The van der Waals surface area contributed by atoms with E-state index in [0.717, 1.165) is 53.6 Å². The molecule has 0 spiro atoms. The second kappa shape index (κ2) is 8.09. The number of carbonyl (C=O) groups excluding carboxylic acids is 2. The van der Waals surface area contributed by atoms with Crippen molar-refractivity contribution < 1.29 is 19.1 Å². The number of nitrogens with zero attached hydrogens (tertiary/aromatic N) is 1. The Kier molecular flexibility index (Phi) is 5.36. The minimum absolute atomic E-state index is 0.161. The quantitative estimate of drug-likeness (QED) is 0.641. The molecule has 1 saturated heterocycles. The van der Waals surface area contributed by atoms with E-state index in [0.29, 0.717) is 17.9 Å². The van der Waals surface area contributed by atoms with Crippen LogP contribution < -0.4 is 10.1 Å². The zero-order valence-electron chi connectivity index (χ0n) is 16.6. The Morgan fingerprint density at radius 1 is 1.28 bits per heavy atom. The average molecular weight is 392 g/mol. The first kappa shape index (κ1) is 19.2. The zero-order chi connectivity index (χ0) is 20.4. The van der Waals surface area contributed by atoms with Crippen LogP contribution in [-0.4, -0.2) is 36.1 Å². The average Bonchev–Trinajstić information content (AvgIpc) is 3.37. The van der Waals surface area contributed by atoms with Crippen molar-refractivity contribution in [3.8, 4) is 5.75 Å². The highest BCUT2D eigenvalue weighted by atomic mass is 16.5. The highest BCUT2D eigenvalue weighted by Gasteiger charge is 2.16. The smallest absolute Gasteiger partial charge is 0.255 e. The van der Waals surface area contributed by atoms with Gasteiger partial charge in [-0.15, -0.1) is 0 Å². The summed E-state index contributed by atoms with van der Waals surface area (Å²) in [5, 5.41) is 3.91. The van der Waals surface area contributed by atoms with E-state index in [-0.39, 0.29) is 12.0 Å². The lowest BCUT2D eigenvalue weighted by molar-refractivity contribution is 0.0679. The highest BCUT2D eigenvalue weighted by molar-refractivity contribution is 6.06. The fraction of sp³-hybridized carbons (Fsp3) is 0.304. The van der Waals surface area contributed by atoms with E-state index in [2.05, 4.69) is 5.32 Å². The van der Waals surface area contributed by atoms with Crippen molar-refractivity contribution in [3.05, 3.63) is 59.3 Å². The highest BCUT2D eigenvalue weighted by Crippen LogP contribution is 2.28. The van der Waals surface area contributed by atoms with Crippen molar-refractivity contribution in [2.75, 3.05) is 18.5 Å². The zero-order valence-corrected chi connectivity index (χ0v) is 16.6. The van der Waals surface area contributed by atoms with Gasteiger partial charge in [0.05, 0.1) is 11.8 Å². The molecule has 1 aliphatic rings. The van der Waals surface area contributed by atoms with Crippen LogP contribution in [0.3, 0.4) is 0 Å². The maximum Gasteiger partial charge on any atom is 0.255 e. The van der Waals surface area contributed by atoms with Gasteiger partial charge in [-0.1, -0.05) is 0 Å². The molecule has 1 aliphatic heterocycles. The lowest BCUT2D eigenvalue weighted by atomic mass is 10.1. The molecule has 1 aromatic heterocycles. The number of anilines is 1. The van der Waals surface area contributed by atoms with Crippen molar-refractivity contribution in [2.45, 2.75) is 25.9 Å². The number of ether oxygens (including phenoxy) is 2.